The van der Waals surface area contributed by atoms with Gasteiger partial charge in [0.15, 0.2) is 0 Å². The lowest BCUT2D eigenvalue weighted by Gasteiger charge is -2.39. The highest BCUT2D eigenvalue weighted by atomic mass is 16.5. The number of benzene rings is 2. The zero-order valence-electron chi connectivity index (χ0n) is 17.9. The number of imidazole rings is 1. The number of rotatable bonds is 5. The second-order valence-electron chi connectivity index (χ2n) is 8.23. The number of fused-ring (bicyclic) bond motifs is 2. The first-order valence-corrected chi connectivity index (χ1v) is 10.6. The van der Waals surface area contributed by atoms with Gasteiger partial charge in [-0.25, -0.2) is 9.97 Å². The Morgan fingerprint density at radius 2 is 1.97 bits per heavy atom. The highest BCUT2D eigenvalue weighted by Gasteiger charge is 2.32. The van der Waals surface area contributed by atoms with Crippen molar-refractivity contribution in [2.24, 2.45) is 0 Å². The molecule has 7 nitrogen and oxygen atoms in total. The number of para-hydroxylation sites is 1. The molecule has 0 aliphatic carbocycles. The van der Waals surface area contributed by atoms with E-state index in [1.807, 2.05) is 35.9 Å². The molecule has 2 aromatic heterocycles. The van der Waals surface area contributed by atoms with Crippen LogP contribution in [0.15, 0.2) is 54.9 Å². The third-order valence-electron chi connectivity index (χ3n) is 6.23. The lowest BCUT2D eigenvalue weighted by Crippen LogP contribution is -2.49. The molecule has 1 aliphatic heterocycles. The maximum atomic E-state index is 10.7. The molecule has 0 unspecified atom stereocenters. The molecule has 5 rings (SSSR count). The van der Waals surface area contributed by atoms with Crippen molar-refractivity contribution in [3.63, 3.8) is 0 Å². The van der Waals surface area contributed by atoms with E-state index in [-0.39, 0.29) is 0 Å². The van der Waals surface area contributed by atoms with Gasteiger partial charge >= 0.3 is 0 Å². The van der Waals surface area contributed by atoms with Gasteiger partial charge in [0, 0.05) is 31.1 Å². The maximum absolute atomic E-state index is 10.7. The Balaban J connectivity index is 1.52. The van der Waals surface area contributed by atoms with Crippen molar-refractivity contribution in [1.29, 1.82) is 0 Å². The van der Waals surface area contributed by atoms with E-state index in [4.69, 9.17) is 9.72 Å². The summed E-state index contributed by atoms with van der Waals surface area (Å²) < 4.78 is 7.32. The van der Waals surface area contributed by atoms with Crippen LogP contribution in [0.3, 0.4) is 0 Å². The van der Waals surface area contributed by atoms with E-state index in [1.54, 1.807) is 13.4 Å². The van der Waals surface area contributed by atoms with Gasteiger partial charge in [0.05, 0.1) is 34.9 Å². The number of hydrogen-bond donors (Lipinski definition) is 2. The molecule has 0 amide bonds. The molecule has 2 aromatic carbocycles. The van der Waals surface area contributed by atoms with Crippen LogP contribution >= 0.6 is 0 Å². The Morgan fingerprint density at radius 1 is 1.13 bits per heavy atom. The fourth-order valence-electron chi connectivity index (χ4n) is 4.48. The van der Waals surface area contributed by atoms with E-state index in [2.05, 4.69) is 39.5 Å². The van der Waals surface area contributed by atoms with Gasteiger partial charge in [-0.2, -0.15) is 0 Å². The van der Waals surface area contributed by atoms with Crippen molar-refractivity contribution in [2.75, 3.05) is 38.7 Å². The van der Waals surface area contributed by atoms with E-state index >= 15 is 0 Å². The summed E-state index contributed by atoms with van der Waals surface area (Å²) in [6, 6.07) is 16.3. The van der Waals surface area contributed by atoms with Crippen molar-refractivity contribution >= 4 is 27.6 Å². The zero-order valence-corrected chi connectivity index (χ0v) is 17.9. The third kappa shape index (κ3) is 3.60. The summed E-state index contributed by atoms with van der Waals surface area (Å²) in [4.78, 5) is 11.9. The number of piperidine rings is 1. The lowest BCUT2D eigenvalue weighted by atomic mass is 9.91. The smallest absolute Gasteiger partial charge is 0.139 e. The third-order valence-corrected chi connectivity index (χ3v) is 6.23. The topological polar surface area (TPSA) is 75.4 Å². The van der Waals surface area contributed by atoms with Crippen LogP contribution < -0.4 is 15.0 Å². The monoisotopic (exact) mass is 417 g/mol. The summed E-state index contributed by atoms with van der Waals surface area (Å²) in [5, 5.41) is 14.9. The molecule has 0 spiro atoms. The summed E-state index contributed by atoms with van der Waals surface area (Å²) in [6.45, 7) is 2.23. The first-order valence-electron chi connectivity index (χ1n) is 10.6. The number of anilines is 1. The minimum atomic E-state index is -0.634. The fraction of sp³-hybridized carbons (Fsp3) is 0.333. The number of ether oxygens (including phenoxy) is 1. The SMILES string of the molecule is CNCC1(O)CCN(c2cccc3ccc(-n4cnc5cc(OC)ccc54)nc23)CC1. The van der Waals surface area contributed by atoms with Gasteiger partial charge in [-0.15, -0.1) is 0 Å². The van der Waals surface area contributed by atoms with E-state index in [0.29, 0.717) is 6.54 Å². The van der Waals surface area contributed by atoms with Crippen LogP contribution in [0, 0.1) is 0 Å². The normalized spacial score (nSPS) is 16.2. The van der Waals surface area contributed by atoms with Gasteiger partial charge in [-0.1, -0.05) is 12.1 Å². The molecule has 1 fully saturated rings. The molecule has 7 heteroatoms. The largest absolute Gasteiger partial charge is 0.497 e. The molecule has 0 radical (unpaired) electrons. The molecule has 31 heavy (non-hydrogen) atoms. The van der Waals surface area contributed by atoms with Crippen LogP contribution in [-0.4, -0.2) is 59.0 Å². The highest BCUT2D eigenvalue weighted by molar-refractivity contribution is 5.92. The lowest BCUT2D eigenvalue weighted by molar-refractivity contribution is 0.0185. The average Bonchev–Trinajstić information content (AvgIpc) is 3.22. The quantitative estimate of drug-likeness (QED) is 0.520. The standard InChI is InChI=1S/C24H27N5O2/c1-25-15-24(30)10-12-28(13-11-24)21-5-3-4-17-6-9-22(27-23(17)21)29-16-26-19-14-18(31-2)7-8-20(19)29/h3-9,14,16,25,30H,10-13,15H2,1-2H3. The minimum Gasteiger partial charge on any atom is -0.497 e. The molecule has 3 heterocycles. The molecule has 4 aromatic rings. The Labute approximate surface area is 181 Å². The molecule has 0 atom stereocenters. The zero-order chi connectivity index (χ0) is 21.4. The van der Waals surface area contributed by atoms with Gasteiger partial charge < -0.3 is 20.1 Å². The van der Waals surface area contributed by atoms with Gasteiger partial charge in [0.2, 0.25) is 0 Å². The molecular weight excluding hydrogens is 390 g/mol. The predicted molar refractivity (Wildman–Crippen MR) is 123 cm³/mol. The summed E-state index contributed by atoms with van der Waals surface area (Å²) >= 11 is 0. The number of hydrogen-bond acceptors (Lipinski definition) is 6. The number of aromatic nitrogens is 3. The van der Waals surface area contributed by atoms with Crippen LogP contribution in [0.5, 0.6) is 5.75 Å². The van der Waals surface area contributed by atoms with E-state index in [1.165, 1.54) is 0 Å². The summed E-state index contributed by atoms with van der Waals surface area (Å²) in [6.07, 6.45) is 3.27. The number of aliphatic hydroxyl groups is 1. The average molecular weight is 418 g/mol. The van der Waals surface area contributed by atoms with Gasteiger partial charge in [-0.3, -0.25) is 4.57 Å². The van der Waals surface area contributed by atoms with Crippen molar-refractivity contribution in [2.45, 2.75) is 18.4 Å². The van der Waals surface area contributed by atoms with Gasteiger partial charge in [0.1, 0.15) is 17.9 Å². The molecule has 0 saturated carbocycles. The molecule has 0 bridgehead atoms. The van der Waals surface area contributed by atoms with Crippen molar-refractivity contribution in [3.8, 4) is 11.6 Å². The van der Waals surface area contributed by atoms with Crippen LogP contribution in [0.2, 0.25) is 0 Å². The first kappa shape index (κ1) is 19.8. The van der Waals surface area contributed by atoms with Crippen molar-refractivity contribution < 1.29 is 9.84 Å². The van der Waals surface area contributed by atoms with Crippen LogP contribution in [-0.2, 0) is 0 Å². The van der Waals surface area contributed by atoms with Crippen molar-refractivity contribution in [3.05, 3.63) is 54.9 Å². The molecular formula is C24H27N5O2. The number of likely N-dealkylation sites (N-methyl/N-ethyl adjacent to an activating group) is 1. The van der Waals surface area contributed by atoms with Crippen LogP contribution in [0.25, 0.3) is 27.8 Å². The fourth-order valence-corrected chi connectivity index (χ4v) is 4.48. The maximum Gasteiger partial charge on any atom is 0.139 e. The van der Waals surface area contributed by atoms with Crippen molar-refractivity contribution in [1.82, 2.24) is 19.9 Å². The second-order valence-corrected chi connectivity index (χ2v) is 8.23. The number of methoxy groups -OCH3 is 1. The molecule has 1 aliphatic rings. The first-order chi connectivity index (χ1) is 15.1. The Kier molecular flexibility index (Phi) is 5.00. The second kappa shape index (κ2) is 7.83. The molecule has 1 saturated heterocycles. The Hall–Kier alpha value is -3.16. The van der Waals surface area contributed by atoms with Gasteiger partial charge in [-0.05, 0) is 50.2 Å². The van der Waals surface area contributed by atoms with E-state index in [9.17, 15) is 5.11 Å². The van der Waals surface area contributed by atoms with Gasteiger partial charge in [0.25, 0.3) is 0 Å². The summed E-state index contributed by atoms with van der Waals surface area (Å²) in [5.41, 5.74) is 3.30. The highest BCUT2D eigenvalue weighted by Crippen LogP contribution is 2.32. The number of pyridine rings is 1. The number of nitrogens with zero attached hydrogens (tertiary/aromatic N) is 4. The molecule has 2 N–H and O–H groups in total. The van der Waals surface area contributed by atoms with E-state index in [0.717, 1.165) is 65.1 Å². The predicted octanol–water partition coefficient (Wildman–Crippen LogP) is 3.13. The summed E-state index contributed by atoms with van der Waals surface area (Å²) in [7, 11) is 3.54. The molecule has 160 valence electrons. The minimum absolute atomic E-state index is 0.622. The summed E-state index contributed by atoms with van der Waals surface area (Å²) in [5.74, 6) is 1.62. The van der Waals surface area contributed by atoms with Crippen LogP contribution in [0.4, 0.5) is 5.69 Å². The number of nitrogens with one attached hydrogen (secondary N) is 1. The van der Waals surface area contributed by atoms with Crippen LogP contribution in [0.1, 0.15) is 12.8 Å². The Bertz CT molecular complexity index is 1230. The van der Waals surface area contributed by atoms with E-state index < -0.39 is 5.60 Å². The Morgan fingerprint density at radius 3 is 2.74 bits per heavy atom.